The Labute approximate surface area is 177 Å². The van der Waals surface area contributed by atoms with E-state index in [4.69, 9.17) is 0 Å². The highest BCUT2D eigenvalue weighted by Crippen LogP contribution is 2.14. The lowest BCUT2D eigenvalue weighted by atomic mass is 10.0. The van der Waals surface area contributed by atoms with Crippen LogP contribution in [0, 0.1) is 0 Å². The SMILES string of the molecule is CCC(=O)CCCCCC(NC(=O)CS(C)(=O)=O)C(=O)Nc1cccc(C(C)=O)c1. The summed E-state index contributed by atoms with van der Waals surface area (Å²) < 4.78 is 22.7. The van der Waals surface area contributed by atoms with Gasteiger partial charge in [-0.3, -0.25) is 19.2 Å². The predicted octanol–water partition coefficient (Wildman–Crippen LogP) is 2.29. The van der Waals surface area contributed by atoms with E-state index in [1.807, 2.05) is 0 Å². The molecule has 0 radical (unpaired) electrons. The molecule has 2 amide bonds. The molecule has 0 aliphatic carbocycles. The van der Waals surface area contributed by atoms with Crippen molar-refractivity contribution in [3.63, 3.8) is 0 Å². The number of ketones is 2. The summed E-state index contributed by atoms with van der Waals surface area (Å²) in [6.07, 6.45) is 4.20. The molecule has 0 aliphatic heterocycles. The van der Waals surface area contributed by atoms with Crippen LogP contribution in [0.15, 0.2) is 24.3 Å². The monoisotopic (exact) mass is 438 g/mol. The molecule has 0 aliphatic rings. The standard InChI is InChI=1S/C21H30N2O6S/c1-4-18(25)11-6-5-7-12-19(23-20(26)14-30(3,28)29)21(27)22-17-10-8-9-16(13-17)15(2)24/h8-10,13,19H,4-7,11-12,14H2,1-3H3,(H,22,27)(H,23,26). The van der Waals surface area contributed by atoms with Crippen LogP contribution in [0.3, 0.4) is 0 Å². The van der Waals surface area contributed by atoms with Crippen LogP contribution in [-0.2, 0) is 24.2 Å². The van der Waals surface area contributed by atoms with Gasteiger partial charge in [-0.1, -0.05) is 31.9 Å². The van der Waals surface area contributed by atoms with Gasteiger partial charge >= 0.3 is 0 Å². The van der Waals surface area contributed by atoms with Crippen molar-refractivity contribution < 1.29 is 27.6 Å². The molecule has 1 rings (SSSR count). The molecular weight excluding hydrogens is 408 g/mol. The topological polar surface area (TPSA) is 126 Å². The van der Waals surface area contributed by atoms with Crippen molar-refractivity contribution in [2.45, 2.75) is 58.4 Å². The second-order valence-electron chi connectivity index (χ2n) is 7.31. The second-order valence-corrected chi connectivity index (χ2v) is 9.45. The Morgan fingerprint density at radius 1 is 1.07 bits per heavy atom. The summed E-state index contributed by atoms with van der Waals surface area (Å²) in [7, 11) is -3.53. The maximum absolute atomic E-state index is 12.7. The molecule has 166 valence electrons. The number of hydrogen-bond acceptors (Lipinski definition) is 6. The smallest absolute Gasteiger partial charge is 0.246 e. The average molecular weight is 439 g/mol. The molecule has 1 aromatic rings. The van der Waals surface area contributed by atoms with Gasteiger partial charge in [0.2, 0.25) is 11.8 Å². The number of amides is 2. The second kappa shape index (κ2) is 12.2. The Bertz CT molecular complexity index is 879. The predicted molar refractivity (Wildman–Crippen MR) is 115 cm³/mol. The largest absolute Gasteiger partial charge is 0.343 e. The molecule has 1 unspecified atom stereocenters. The number of hydrogen-bond donors (Lipinski definition) is 2. The lowest BCUT2D eigenvalue weighted by Crippen LogP contribution is -2.45. The van der Waals surface area contributed by atoms with E-state index in [1.165, 1.54) is 13.0 Å². The van der Waals surface area contributed by atoms with Gasteiger partial charge in [-0.15, -0.1) is 0 Å². The van der Waals surface area contributed by atoms with Crippen LogP contribution in [0.2, 0.25) is 0 Å². The summed E-state index contributed by atoms with van der Waals surface area (Å²) in [6.45, 7) is 3.22. The highest BCUT2D eigenvalue weighted by atomic mass is 32.2. The molecule has 30 heavy (non-hydrogen) atoms. The molecule has 0 heterocycles. The first kappa shape index (κ1) is 25.5. The Balaban J connectivity index is 2.78. The van der Waals surface area contributed by atoms with Gasteiger partial charge in [-0.05, 0) is 31.9 Å². The average Bonchev–Trinajstić information content (AvgIpc) is 2.65. The molecule has 0 bridgehead atoms. The number of unbranched alkanes of at least 4 members (excludes halogenated alkanes) is 2. The van der Waals surface area contributed by atoms with Gasteiger partial charge in [0.1, 0.15) is 17.6 Å². The Kier molecular flexibility index (Phi) is 10.4. The number of carbonyl (C=O) groups excluding carboxylic acids is 4. The van der Waals surface area contributed by atoms with Crippen molar-refractivity contribution in [1.29, 1.82) is 0 Å². The number of Topliss-reactive ketones (excluding diaryl/α,β-unsaturated/α-hetero) is 2. The molecule has 0 fully saturated rings. The van der Waals surface area contributed by atoms with Crippen LogP contribution in [0.25, 0.3) is 0 Å². The summed E-state index contributed by atoms with van der Waals surface area (Å²) in [5, 5.41) is 5.14. The van der Waals surface area contributed by atoms with Crippen molar-refractivity contribution >= 4 is 38.9 Å². The van der Waals surface area contributed by atoms with E-state index in [1.54, 1.807) is 25.1 Å². The van der Waals surface area contributed by atoms with Gasteiger partial charge in [0.05, 0.1) is 0 Å². The molecule has 2 N–H and O–H groups in total. The normalized spacial score (nSPS) is 12.1. The fourth-order valence-corrected chi connectivity index (χ4v) is 3.37. The van der Waals surface area contributed by atoms with E-state index < -0.39 is 33.4 Å². The zero-order chi connectivity index (χ0) is 22.7. The lowest BCUT2D eigenvalue weighted by Gasteiger charge is -2.18. The minimum absolute atomic E-state index is 0.147. The van der Waals surface area contributed by atoms with Crippen molar-refractivity contribution in [2.75, 3.05) is 17.3 Å². The van der Waals surface area contributed by atoms with Gasteiger partial charge in [0.25, 0.3) is 0 Å². The first-order valence-electron chi connectivity index (χ1n) is 9.92. The van der Waals surface area contributed by atoms with Crippen LogP contribution in [0.4, 0.5) is 5.69 Å². The van der Waals surface area contributed by atoms with E-state index in [2.05, 4.69) is 10.6 Å². The van der Waals surface area contributed by atoms with Crippen molar-refractivity contribution in [3.05, 3.63) is 29.8 Å². The van der Waals surface area contributed by atoms with Crippen LogP contribution >= 0.6 is 0 Å². The molecule has 1 aromatic carbocycles. The molecule has 9 heteroatoms. The van der Waals surface area contributed by atoms with Gasteiger partial charge in [-0.2, -0.15) is 0 Å². The third-order valence-corrected chi connectivity index (χ3v) is 5.21. The summed E-state index contributed by atoms with van der Waals surface area (Å²) in [5.74, 6) is -1.93. The van der Waals surface area contributed by atoms with Crippen LogP contribution in [0.1, 0.15) is 62.7 Å². The van der Waals surface area contributed by atoms with Crippen molar-refractivity contribution in [3.8, 4) is 0 Å². The fraction of sp³-hybridized carbons (Fsp3) is 0.524. The molecule has 0 saturated heterocycles. The number of rotatable bonds is 13. The van der Waals surface area contributed by atoms with Gasteiger partial charge in [0.15, 0.2) is 15.6 Å². The van der Waals surface area contributed by atoms with Gasteiger partial charge < -0.3 is 10.6 Å². The zero-order valence-electron chi connectivity index (χ0n) is 17.7. The molecule has 0 saturated carbocycles. The Morgan fingerprint density at radius 2 is 1.77 bits per heavy atom. The van der Waals surface area contributed by atoms with Crippen LogP contribution in [0.5, 0.6) is 0 Å². The Morgan fingerprint density at radius 3 is 2.37 bits per heavy atom. The summed E-state index contributed by atoms with van der Waals surface area (Å²) in [6, 6.07) is 5.49. The molecule has 8 nitrogen and oxygen atoms in total. The minimum atomic E-state index is -3.53. The van der Waals surface area contributed by atoms with E-state index in [9.17, 15) is 27.6 Å². The third-order valence-electron chi connectivity index (χ3n) is 4.42. The van der Waals surface area contributed by atoms with Crippen LogP contribution in [-0.4, -0.2) is 49.8 Å². The van der Waals surface area contributed by atoms with Crippen molar-refractivity contribution in [1.82, 2.24) is 5.32 Å². The number of benzene rings is 1. The number of carbonyl (C=O) groups is 4. The molecular formula is C21H30N2O6S. The van der Waals surface area contributed by atoms with Gasteiger partial charge in [-0.25, -0.2) is 8.42 Å². The molecule has 0 spiro atoms. The zero-order valence-corrected chi connectivity index (χ0v) is 18.5. The molecule has 1 atom stereocenters. The van der Waals surface area contributed by atoms with E-state index >= 15 is 0 Å². The maximum Gasteiger partial charge on any atom is 0.246 e. The highest BCUT2D eigenvalue weighted by molar-refractivity contribution is 7.91. The minimum Gasteiger partial charge on any atom is -0.343 e. The molecule has 0 aromatic heterocycles. The van der Waals surface area contributed by atoms with E-state index in [0.29, 0.717) is 49.8 Å². The third kappa shape index (κ3) is 10.3. The first-order chi connectivity index (χ1) is 14.0. The highest BCUT2D eigenvalue weighted by Gasteiger charge is 2.22. The lowest BCUT2D eigenvalue weighted by molar-refractivity contribution is -0.125. The Hall–Kier alpha value is -2.55. The number of sulfone groups is 1. The number of anilines is 1. The fourth-order valence-electron chi connectivity index (χ4n) is 2.81. The quantitative estimate of drug-likeness (QED) is 0.359. The first-order valence-corrected chi connectivity index (χ1v) is 12.0. The van der Waals surface area contributed by atoms with E-state index in [-0.39, 0.29) is 11.6 Å². The summed E-state index contributed by atoms with van der Waals surface area (Å²) >= 11 is 0. The van der Waals surface area contributed by atoms with Gasteiger partial charge in [0, 0.05) is 30.3 Å². The summed E-state index contributed by atoms with van der Waals surface area (Å²) in [5.41, 5.74) is 0.842. The maximum atomic E-state index is 12.7. The van der Waals surface area contributed by atoms with E-state index in [0.717, 1.165) is 6.26 Å². The van der Waals surface area contributed by atoms with Crippen molar-refractivity contribution in [2.24, 2.45) is 0 Å². The van der Waals surface area contributed by atoms with Crippen LogP contribution < -0.4 is 10.6 Å². The summed E-state index contributed by atoms with van der Waals surface area (Å²) in [4.78, 5) is 47.6. The number of nitrogens with one attached hydrogen (secondary N) is 2.